The van der Waals surface area contributed by atoms with Crippen LogP contribution in [0.3, 0.4) is 0 Å². The summed E-state index contributed by atoms with van der Waals surface area (Å²) >= 11 is 5.84. The molecule has 0 spiro atoms. The molecular weight excluding hydrogens is 366 g/mol. The van der Waals surface area contributed by atoms with Gasteiger partial charge in [-0.05, 0) is 18.2 Å². The van der Waals surface area contributed by atoms with E-state index in [1.54, 1.807) is 0 Å². The molecular formula is C16H10ClF4NO3. The highest BCUT2D eigenvalue weighted by atomic mass is 35.5. The number of carbonyl (C=O) groups is 2. The molecule has 2 aromatic rings. The molecule has 2 rings (SSSR count). The number of carboxylic acids is 1. The van der Waals surface area contributed by atoms with E-state index in [1.807, 2.05) is 0 Å². The Morgan fingerprint density at radius 2 is 1.60 bits per heavy atom. The van der Waals surface area contributed by atoms with Gasteiger partial charge in [0.25, 0.3) is 0 Å². The Kier molecular flexibility index (Phi) is 5.32. The topological polar surface area (TPSA) is 57.6 Å². The number of aliphatic carboxylic acids is 1. The van der Waals surface area contributed by atoms with Gasteiger partial charge in [0.15, 0.2) is 6.04 Å². The molecule has 1 N–H and O–H groups in total. The zero-order valence-corrected chi connectivity index (χ0v) is 13.1. The van der Waals surface area contributed by atoms with Gasteiger partial charge in [-0.25, -0.2) is 9.18 Å². The number of halogens is 5. The van der Waals surface area contributed by atoms with E-state index in [2.05, 4.69) is 0 Å². The largest absolute Gasteiger partial charge is 0.479 e. The number of nitrogens with zero attached hydrogens (tertiary/aromatic N) is 1. The second kappa shape index (κ2) is 7.10. The number of benzene rings is 2. The molecule has 4 nitrogen and oxygen atoms in total. The Balaban J connectivity index is 2.72. The maximum absolute atomic E-state index is 14.0. The van der Waals surface area contributed by atoms with Crippen molar-refractivity contribution in [2.45, 2.75) is 12.2 Å². The first kappa shape index (κ1) is 18.7. The second-order valence-electron chi connectivity index (χ2n) is 4.89. The van der Waals surface area contributed by atoms with Crippen LogP contribution in [0.1, 0.15) is 11.6 Å². The standard InChI is InChI=1S/C16H10ClF4NO3/c17-10-6-2-4-8-12(10)22(15(25)16(19,20)21)13(14(23)24)9-5-1-3-7-11(9)18/h1-8,13H,(H,23,24). The van der Waals surface area contributed by atoms with Crippen LogP contribution in [0.2, 0.25) is 5.02 Å². The summed E-state index contributed by atoms with van der Waals surface area (Å²) in [6, 6.07) is 7.00. The average Bonchev–Trinajstić information content (AvgIpc) is 2.53. The lowest BCUT2D eigenvalue weighted by Crippen LogP contribution is -2.46. The van der Waals surface area contributed by atoms with E-state index in [-0.39, 0.29) is 9.92 Å². The lowest BCUT2D eigenvalue weighted by molar-refractivity contribution is -0.172. The van der Waals surface area contributed by atoms with E-state index in [1.165, 1.54) is 30.3 Å². The highest BCUT2D eigenvalue weighted by Crippen LogP contribution is 2.37. The van der Waals surface area contributed by atoms with Crippen molar-refractivity contribution in [3.05, 3.63) is 64.9 Å². The summed E-state index contributed by atoms with van der Waals surface area (Å²) in [7, 11) is 0. The number of alkyl halides is 3. The Morgan fingerprint density at radius 3 is 2.12 bits per heavy atom. The Morgan fingerprint density at radius 1 is 1.04 bits per heavy atom. The van der Waals surface area contributed by atoms with E-state index >= 15 is 0 Å². The molecule has 0 aliphatic heterocycles. The number of hydrogen-bond donors (Lipinski definition) is 1. The molecule has 9 heteroatoms. The van der Waals surface area contributed by atoms with E-state index < -0.39 is 41.2 Å². The van der Waals surface area contributed by atoms with Gasteiger partial charge in [0.1, 0.15) is 5.82 Å². The molecule has 0 heterocycles. The minimum atomic E-state index is -5.39. The van der Waals surface area contributed by atoms with Crippen molar-refractivity contribution in [1.82, 2.24) is 0 Å². The summed E-state index contributed by atoms with van der Waals surface area (Å²) in [4.78, 5) is 23.5. The van der Waals surface area contributed by atoms with Gasteiger partial charge in [0, 0.05) is 5.56 Å². The van der Waals surface area contributed by atoms with Gasteiger partial charge in [-0.15, -0.1) is 0 Å². The summed E-state index contributed by atoms with van der Waals surface area (Å²) in [5.74, 6) is -5.39. The van der Waals surface area contributed by atoms with Crippen molar-refractivity contribution in [3.8, 4) is 0 Å². The quantitative estimate of drug-likeness (QED) is 0.815. The average molecular weight is 376 g/mol. The highest BCUT2D eigenvalue weighted by molar-refractivity contribution is 6.34. The third kappa shape index (κ3) is 3.90. The Labute approximate surface area is 144 Å². The normalized spacial score (nSPS) is 12.5. The molecule has 0 fully saturated rings. The number of hydrogen-bond acceptors (Lipinski definition) is 2. The number of amides is 1. The van der Waals surface area contributed by atoms with Gasteiger partial charge in [0.05, 0.1) is 10.7 Å². The van der Waals surface area contributed by atoms with Crippen LogP contribution in [0, 0.1) is 5.82 Å². The van der Waals surface area contributed by atoms with E-state index in [9.17, 15) is 32.3 Å². The third-order valence-electron chi connectivity index (χ3n) is 3.27. The van der Waals surface area contributed by atoms with Crippen LogP contribution >= 0.6 is 11.6 Å². The molecule has 132 valence electrons. The molecule has 0 saturated carbocycles. The van der Waals surface area contributed by atoms with Gasteiger partial charge < -0.3 is 5.11 Å². The first-order valence-electron chi connectivity index (χ1n) is 6.76. The fourth-order valence-electron chi connectivity index (χ4n) is 2.23. The third-order valence-corrected chi connectivity index (χ3v) is 3.58. The zero-order chi connectivity index (χ0) is 18.8. The second-order valence-corrected chi connectivity index (χ2v) is 5.29. The van der Waals surface area contributed by atoms with Crippen LogP contribution in [0.5, 0.6) is 0 Å². The molecule has 0 radical (unpaired) electrons. The maximum Gasteiger partial charge on any atom is 0.471 e. The summed E-state index contributed by atoms with van der Waals surface area (Å²) in [6.07, 6.45) is -5.39. The zero-order valence-electron chi connectivity index (χ0n) is 12.3. The van der Waals surface area contributed by atoms with Gasteiger partial charge in [-0.3, -0.25) is 9.69 Å². The molecule has 1 amide bonds. The van der Waals surface area contributed by atoms with Crippen molar-refractivity contribution in [1.29, 1.82) is 0 Å². The summed E-state index contributed by atoms with van der Waals surface area (Å²) in [5, 5.41) is 9.13. The monoisotopic (exact) mass is 375 g/mol. The van der Waals surface area contributed by atoms with Crippen LogP contribution < -0.4 is 4.90 Å². The predicted molar refractivity (Wildman–Crippen MR) is 81.8 cm³/mol. The van der Waals surface area contributed by atoms with E-state index in [0.29, 0.717) is 0 Å². The van der Waals surface area contributed by atoms with Crippen molar-refractivity contribution in [2.75, 3.05) is 4.90 Å². The number of para-hydroxylation sites is 1. The molecule has 0 aliphatic rings. The van der Waals surface area contributed by atoms with Crippen LogP contribution in [0.4, 0.5) is 23.2 Å². The van der Waals surface area contributed by atoms with Crippen LogP contribution in [0.15, 0.2) is 48.5 Å². The molecule has 0 aliphatic carbocycles. The smallest absolute Gasteiger partial charge is 0.471 e. The number of carboxylic acid groups (broad SMARTS) is 1. The fourth-order valence-corrected chi connectivity index (χ4v) is 2.46. The Hall–Kier alpha value is -2.61. The maximum atomic E-state index is 14.0. The van der Waals surface area contributed by atoms with Gasteiger partial charge in [-0.2, -0.15) is 13.2 Å². The molecule has 1 unspecified atom stereocenters. The van der Waals surface area contributed by atoms with Crippen molar-refractivity contribution in [2.24, 2.45) is 0 Å². The molecule has 0 saturated heterocycles. The summed E-state index contributed by atoms with van der Waals surface area (Å²) in [5.41, 5.74) is -1.10. The van der Waals surface area contributed by atoms with Crippen LogP contribution in [0.25, 0.3) is 0 Å². The van der Waals surface area contributed by atoms with Crippen LogP contribution in [-0.2, 0) is 9.59 Å². The van der Waals surface area contributed by atoms with E-state index in [4.69, 9.17) is 11.6 Å². The fraction of sp³-hybridized carbons (Fsp3) is 0.125. The lowest BCUT2D eigenvalue weighted by Gasteiger charge is -2.30. The molecule has 1 atom stereocenters. The van der Waals surface area contributed by atoms with E-state index in [0.717, 1.165) is 18.2 Å². The molecule has 25 heavy (non-hydrogen) atoms. The first-order valence-corrected chi connectivity index (χ1v) is 7.14. The van der Waals surface area contributed by atoms with Crippen LogP contribution in [-0.4, -0.2) is 23.2 Å². The first-order chi connectivity index (χ1) is 11.6. The summed E-state index contributed by atoms with van der Waals surface area (Å²) in [6.45, 7) is 0. The van der Waals surface area contributed by atoms with Gasteiger partial charge in [-0.1, -0.05) is 41.9 Å². The molecule has 0 bridgehead atoms. The summed E-state index contributed by atoms with van der Waals surface area (Å²) < 4.78 is 53.1. The minimum Gasteiger partial charge on any atom is -0.479 e. The highest BCUT2D eigenvalue weighted by Gasteiger charge is 2.48. The number of rotatable bonds is 4. The lowest BCUT2D eigenvalue weighted by atomic mass is 10.0. The van der Waals surface area contributed by atoms with Gasteiger partial charge in [0.2, 0.25) is 0 Å². The minimum absolute atomic E-state index is 0.0664. The van der Waals surface area contributed by atoms with Gasteiger partial charge >= 0.3 is 18.1 Å². The van der Waals surface area contributed by atoms with Crippen molar-refractivity contribution >= 4 is 29.2 Å². The van der Waals surface area contributed by atoms with Crippen molar-refractivity contribution < 1.29 is 32.3 Å². The predicted octanol–water partition coefficient (Wildman–Crippen LogP) is 4.20. The number of anilines is 1. The SMILES string of the molecule is O=C(O)C(c1ccccc1F)N(C(=O)C(F)(F)F)c1ccccc1Cl. The molecule has 2 aromatic carbocycles. The molecule has 0 aromatic heterocycles. The van der Waals surface area contributed by atoms with Crippen molar-refractivity contribution in [3.63, 3.8) is 0 Å². The number of carbonyl (C=O) groups excluding carboxylic acids is 1. The Bertz CT molecular complexity index is 810.